The summed E-state index contributed by atoms with van der Waals surface area (Å²) >= 11 is 0. The number of carbonyl (C=O) groups is 4. The van der Waals surface area contributed by atoms with Gasteiger partial charge in [-0.2, -0.15) is 0 Å². The molecule has 0 radical (unpaired) electrons. The summed E-state index contributed by atoms with van der Waals surface area (Å²) in [7, 11) is 0. The molecule has 35 heavy (non-hydrogen) atoms. The number of halogens is 1. The topological polar surface area (TPSA) is 177 Å². The minimum atomic E-state index is -1.30. The van der Waals surface area contributed by atoms with Gasteiger partial charge in [0.2, 0.25) is 5.91 Å². The minimum Gasteiger partial charge on any atom is -0.460 e. The van der Waals surface area contributed by atoms with Crippen molar-refractivity contribution in [3.05, 3.63) is 25.3 Å². The quantitative estimate of drug-likeness (QED) is 0.141. The van der Waals surface area contributed by atoms with E-state index in [2.05, 4.69) is 33.3 Å². The van der Waals surface area contributed by atoms with E-state index in [1.807, 2.05) is 13.8 Å². The summed E-state index contributed by atoms with van der Waals surface area (Å²) < 4.78 is 9.32. The van der Waals surface area contributed by atoms with E-state index in [9.17, 15) is 29.4 Å². The molecule has 0 aromatic rings. The highest BCUT2D eigenvalue weighted by Gasteiger charge is 2.23. The maximum atomic E-state index is 11.4. The van der Waals surface area contributed by atoms with E-state index >= 15 is 0 Å². The van der Waals surface area contributed by atoms with Crippen molar-refractivity contribution in [3.8, 4) is 0 Å². The third-order valence-electron chi connectivity index (χ3n) is 4.39. The summed E-state index contributed by atoms with van der Waals surface area (Å²) in [5, 5.41) is 23.7. The molecular formula is C23H42ClN3O8. The van der Waals surface area contributed by atoms with E-state index in [0.29, 0.717) is 6.42 Å². The zero-order valence-corrected chi connectivity index (χ0v) is 21.7. The first-order valence-electron chi connectivity index (χ1n) is 11.3. The maximum Gasteiger partial charge on any atom is 0.325 e. The molecule has 0 aliphatic rings. The van der Waals surface area contributed by atoms with Gasteiger partial charge in [0.05, 0.1) is 0 Å². The van der Waals surface area contributed by atoms with E-state index in [1.54, 1.807) is 6.92 Å². The Kier molecular flexibility index (Phi) is 24.7. The lowest BCUT2D eigenvalue weighted by atomic mass is 9.99. The second kappa shape index (κ2) is 23.3. The van der Waals surface area contributed by atoms with Gasteiger partial charge in [0.1, 0.15) is 38.5 Å². The smallest absolute Gasteiger partial charge is 0.325 e. The van der Waals surface area contributed by atoms with Crippen molar-refractivity contribution in [2.45, 2.75) is 64.7 Å². The summed E-state index contributed by atoms with van der Waals surface area (Å²) in [6, 6.07) is -0.621. The number of ether oxygens (including phenoxy) is 2. The SMILES string of the molecule is C=CCOC(=O)CNC(=O)C(O)C(C)CCC.C=CCOC(=O)CNC(=O)C(O)C(N)CCC.Cl. The molecule has 11 nitrogen and oxygen atoms in total. The van der Waals surface area contributed by atoms with Gasteiger partial charge in [0.25, 0.3) is 5.91 Å². The Morgan fingerprint density at radius 3 is 1.63 bits per heavy atom. The van der Waals surface area contributed by atoms with Gasteiger partial charge in [-0.3, -0.25) is 19.2 Å². The minimum absolute atomic E-state index is 0. The second-order valence-corrected chi connectivity index (χ2v) is 7.49. The number of carbonyl (C=O) groups excluding carboxylic acids is 4. The fourth-order valence-electron chi connectivity index (χ4n) is 2.49. The van der Waals surface area contributed by atoms with Gasteiger partial charge in [-0.15, -0.1) is 12.4 Å². The van der Waals surface area contributed by atoms with Crippen molar-refractivity contribution in [2.24, 2.45) is 11.7 Å². The fourth-order valence-corrected chi connectivity index (χ4v) is 2.49. The number of amides is 2. The molecule has 0 bridgehead atoms. The number of nitrogens with two attached hydrogens (primary N) is 1. The lowest BCUT2D eigenvalue weighted by Crippen LogP contribution is -2.47. The van der Waals surface area contributed by atoms with E-state index in [4.69, 9.17) is 5.73 Å². The van der Waals surface area contributed by atoms with Crippen molar-refractivity contribution in [3.63, 3.8) is 0 Å². The van der Waals surface area contributed by atoms with Crippen molar-refractivity contribution in [1.29, 1.82) is 0 Å². The van der Waals surface area contributed by atoms with E-state index in [0.717, 1.165) is 19.3 Å². The molecule has 204 valence electrons. The third-order valence-corrected chi connectivity index (χ3v) is 4.39. The second-order valence-electron chi connectivity index (χ2n) is 7.49. The van der Waals surface area contributed by atoms with Crippen LogP contribution in [0.4, 0.5) is 0 Å². The van der Waals surface area contributed by atoms with Crippen LogP contribution in [0.2, 0.25) is 0 Å². The monoisotopic (exact) mass is 523 g/mol. The molecule has 0 heterocycles. The van der Waals surface area contributed by atoms with Crippen molar-refractivity contribution >= 4 is 36.2 Å². The van der Waals surface area contributed by atoms with Crippen LogP contribution in [-0.2, 0) is 28.7 Å². The normalized spacial score (nSPS) is 13.2. The van der Waals surface area contributed by atoms with Gasteiger partial charge in [0, 0.05) is 6.04 Å². The first kappa shape index (κ1) is 37.1. The predicted octanol–water partition coefficient (Wildman–Crippen LogP) is 0.371. The Labute approximate surface area is 213 Å². The lowest BCUT2D eigenvalue weighted by Gasteiger charge is -2.17. The van der Waals surface area contributed by atoms with Crippen LogP contribution in [0.5, 0.6) is 0 Å². The Morgan fingerprint density at radius 2 is 1.26 bits per heavy atom. The van der Waals surface area contributed by atoms with Crippen LogP contribution >= 0.6 is 12.4 Å². The summed E-state index contributed by atoms with van der Waals surface area (Å²) in [4.78, 5) is 44.9. The molecule has 0 fully saturated rings. The molecule has 0 aromatic heterocycles. The Bertz CT molecular complexity index is 594. The molecule has 0 aliphatic heterocycles. The summed E-state index contributed by atoms with van der Waals surface area (Å²) in [5.74, 6) is -2.46. The van der Waals surface area contributed by atoms with E-state index in [-0.39, 0.29) is 44.6 Å². The molecule has 0 saturated carbocycles. The van der Waals surface area contributed by atoms with Crippen molar-refractivity contribution in [1.82, 2.24) is 10.6 Å². The van der Waals surface area contributed by atoms with E-state index in [1.165, 1.54) is 12.2 Å². The molecule has 4 unspecified atom stereocenters. The van der Waals surface area contributed by atoms with Gasteiger partial charge in [-0.05, 0) is 18.8 Å². The number of esters is 2. The van der Waals surface area contributed by atoms with Crippen LogP contribution in [0.15, 0.2) is 25.3 Å². The van der Waals surface area contributed by atoms with Crippen LogP contribution in [0, 0.1) is 5.92 Å². The molecule has 0 aliphatic carbocycles. The van der Waals surface area contributed by atoms with Gasteiger partial charge < -0.3 is 36.1 Å². The first-order valence-corrected chi connectivity index (χ1v) is 11.3. The fraction of sp³-hybridized carbons (Fsp3) is 0.652. The molecule has 0 aromatic carbocycles. The standard InChI is InChI=1S/C12H21NO4.C11H20N2O4.ClH/c1-4-6-9(3)11(15)12(16)13-8-10(14)17-7-5-2;1-3-5-8(12)10(15)11(16)13-7-9(14)17-6-4-2;/h5,9,11,15H,2,4,6-8H2,1,3H3,(H,13,16);4,8,10,15H,2-3,5-7,12H2,1H3,(H,13,16);1H. The first-order chi connectivity index (χ1) is 16.0. The molecule has 2 amide bonds. The average Bonchev–Trinajstić information content (AvgIpc) is 2.82. The van der Waals surface area contributed by atoms with Crippen LogP contribution < -0.4 is 16.4 Å². The zero-order valence-electron chi connectivity index (χ0n) is 20.9. The highest BCUT2D eigenvalue weighted by Crippen LogP contribution is 2.10. The zero-order chi connectivity index (χ0) is 26.5. The van der Waals surface area contributed by atoms with Gasteiger partial charge in [0.15, 0.2) is 0 Å². The third kappa shape index (κ3) is 19.5. The summed E-state index contributed by atoms with van der Waals surface area (Å²) in [6.45, 7) is 12.1. The molecule has 0 saturated heterocycles. The number of nitrogens with one attached hydrogen (secondary N) is 2. The summed E-state index contributed by atoms with van der Waals surface area (Å²) in [5.41, 5.74) is 5.57. The molecule has 0 spiro atoms. The molecular weight excluding hydrogens is 482 g/mol. The Hall–Kier alpha value is -2.47. The largest absolute Gasteiger partial charge is 0.460 e. The molecule has 12 heteroatoms. The molecule has 0 rings (SSSR count). The van der Waals surface area contributed by atoms with Gasteiger partial charge in [-0.25, -0.2) is 0 Å². The van der Waals surface area contributed by atoms with Crippen LogP contribution in [0.25, 0.3) is 0 Å². The number of aliphatic hydroxyl groups excluding tert-OH is 2. The lowest BCUT2D eigenvalue weighted by molar-refractivity contribution is -0.144. The Balaban J connectivity index is -0.000000569. The van der Waals surface area contributed by atoms with Crippen LogP contribution in [-0.4, -0.2) is 78.5 Å². The average molecular weight is 524 g/mol. The van der Waals surface area contributed by atoms with Gasteiger partial charge in [-0.1, -0.05) is 58.9 Å². The molecule has 4 atom stereocenters. The number of aliphatic hydroxyl groups is 2. The van der Waals surface area contributed by atoms with E-state index < -0.39 is 42.0 Å². The highest BCUT2D eigenvalue weighted by molar-refractivity contribution is 5.86. The van der Waals surface area contributed by atoms with Gasteiger partial charge >= 0.3 is 11.9 Å². The molecule has 6 N–H and O–H groups in total. The number of rotatable bonds is 16. The highest BCUT2D eigenvalue weighted by atomic mass is 35.5. The number of hydrogen-bond donors (Lipinski definition) is 5. The van der Waals surface area contributed by atoms with Crippen molar-refractivity contribution < 1.29 is 38.9 Å². The van der Waals surface area contributed by atoms with Crippen molar-refractivity contribution in [2.75, 3.05) is 26.3 Å². The Morgan fingerprint density at radius 1 is 0.857 bits per heavy atom. The number of hydrogen-bond acceptors (Lipinski definition) is 9. The van der Waals surface area contributed by atoms with Crippen LogP contribution in [0.1, 0.15) is 46.5 Å². The van der Waals surface area contributed by atoms with Crippen LogP contribution in [0.3, 0.4) is 0 Å². The predicted molar refractivity (Wildman–Crippen MR) is 135 cm³/mol. The maximum absolute atomic E-state index is 11.4. The summed E-state index contributed by atoms with van der Waals surface area (Å²) in [6.07, 6.45) is 3.44.